The van der Waals surface area contributed by atoms with Gasteiger partial charge in [0.25, 0.3) is 0 Å². The summed E-state index contributed by atoms with van der Waals surface area (Å²) in [4.78, 5) is 12.0. The van der Waals surface area contributed by atoms with Crippen LogP contribution < -0.4 is 10.6 Å². The van der Waals surface area contributed by atoms with Crippen LogP contribution in [0.25, 0.3) is 0 Å². The molecule has 4 heteroatoms. The van der Waals surface area contributed by atoms with Crippen LogP contribution in [-0.4, -0.2) is 24.5 Å². The first kappa shape index (κ1) is 15.0. The Bertz CT molecular complexity index is 444. The number of carbonyl (C=O) groups is 1. The lowest BCUT2D eigenvalue weighted by Gasteiger charge is -2.17. The number of rotatable bonds is 6. The molecule has 1 saturated carbocycles. The van der Waals surface area contributed by atoms with Crippen LogP contribution in [0.4, 0.5) is 4.39 Å². The Balaban J connectivity index is 1.70. The molecule has 0 saturated heterocycles. The Morgan fingerprint density at radius 1 is 1.35 bits per heavy atom. The lowest BCUT2D eigenvalue weighted by molar-refractivity contribution is -0.123. The fraction of sp³-hybridized carbons (Fsp3) is 0.562. The minimum absolute atomic E-state index is 0.0467. The molecule has 0 heterocycles. The Morgan fingerprint density at radius 3 is 2.75 bits per heavy atom. The summed E-state index contributed by atoms with van der Waals surface area (Å²) in [5.74, 6) is -0.136. The van der Waals surface area contributed by atoms with E-state index in [1.54, 1.807) is 12.1 Å². The molecular weight excluding hydrogens is 255 g/mol. The summed E-state index contributed by atoms with van der Waals surface area (Å²) < 4.78 is 13.4. The lowest BCUT2D eigenvalue weighted by atomic mass is 10.1. The second kappa shape index (κ2) is 7.39. The Hall–Kier alpha value is -1.42. The number of hydrogen-bond donors (Lipinski definition) is 2. The van der Waals surface area contributed by atoms with Crippen molar-refractivity contribution in [3.8, 4) is 0 Å². The molecule has 0 bridgehead atoms. The normalized spacial score (nSPS) is 17.1. The van der Waals surface area contributed by atoms with Gasteiger partial charge in [-0.15, -0.1) is 0 Å². The highest BCUT2D eigenvalue weighted by Gasteiger charge is 2.20. The molecule has 1 fully saturated rings. The SMILES string of the molecule is CC(NCCc1ccccc1F)C(=O)NC1CCCC1. The largest absolute Gasteiger partial charge is 0.352 e. The summed E-state index contributed by atoms with van der Waals surface area (Å²) in [5.41, 5.74) is 0.684. The van der Waals surface area contributed by atoms with E-state index in [0.717, 1.165) is 12.8 Å². The molecular formula is C16H23FN2O. The smallest absolute Gasteiger partial charge is 0.237 e. The monoisotopic (exact) mass is 278 g/mol. The highest BCUT2D eigenvalue weighted by atomic mass is 19.1. The van der Waals surface area contributed by atoms with Gasteiger partial charge in [0.1, 0.15) is 5.82 Å². The van der Waals surface area contributed by atoms with Crippen molar-refractivity contribution in [1.82, 2.24) is 10.6 Å². The van der Waals surface area contributed by atoms with E-state index >= 15 is 0 Å². The quantitative estimate of drug-likeness (QED) is 0.839. The molecule has 110 valence electrons. The van der Waals surface area contributed by atoms with Crippen LogP contribution in [0, 0.1) is 5.82 Å². The van der Waals surface area contributed by atoms with Crippen LogP contribution >= 0.6 is 0 Å². The molecule has 0 aromatic heterocycles. The molecule has 2 rings (SSSR count). The predicted molar refractivity (Wildman–Crippen MR) is 78.0 cm³/mol. The summed E-state index contributed by atoms with van der Waals surface area (Å²) in [6.07, 6.45) is 5.19. The Labute approximate surface area is 120 Å². The topological polar surface area (TPSA) is 41.1 Å². The van der Waals surface area contributed by atoms with Crippen LogP contribution in [0.2, 0.25) is 0 Å². The average molecular weight is 278 g/mol. The van der Waals surface area contributed by atoms with Crippen molar-refractivity contribution in [2.24, 2.45) is 0 Å². The van der Waals surface area contributed by atoms with Gasteiger partial charge < -0.3 is 10.6 Å². The molecule has 20 heavy (non-hydrogen) atoms. The Kier molecular flexibility index (Phi) is 5.53. The molecule has 1 aromatic carbocycles. The van der Waals surface area contributed by atoms with Gasteiger partial charge >= 0.3 is 0 Å². The van der Waals surface area contributed by atoms with Crippen LogP contribution in [0.5, 0.6) is 0 Å². The minimum atomic E-state index is -0.234. The summed E-state index contributed by atoms with van der Waals surface area (Å²) in [7, 11) is 0. The third kappa shape index (κ3) is 4.30. The van der Waals surface area contributed by atoms with Gasteiger partial charge in [0, 0.05) is 12.6 Å². The molecule has 0 aliphatic heterocycles. The fourth-order valence-electron chi connectivity index (χ4n) is 2.61. The zero-order valence-electron chi connectivity index (χ0n) is 12.0. The number of amides is 1. The van der Waals surface area contributed by atoms with Crippen molar-refractivity contribution < 1.29 is 9.18 Å². The van der Waals surface area contributed by atoms with E-state index in [0.29, 0.717) is 24.6 Å². The lowest BCUT2D eigenvalue weighted by Crippen LogP contribution is -2.46. The van der Waals surface area contributed by atoms with Crippen LogP contribution in [0.3, 0.4) is 0 Å². The van der Waals surface area contributed by atoms with E-state index in [1.165, 1.54) is 18.9 Å². The second-order valence-corrected chi connectivity index (χ2v) is 5.51. The van der Waals surface area contributed by atoms with E-state index in [4.69, 9.17) is 0 Å². The molecule has 1 amide bonds. The number of benzene rings is 1. The number of hydrogen-bond acceptors (Lipinski definition) is 2. The van der Waals surface area contributed by atoms with Gasteiger partial charge in [0.2, 0.25) is 5.91 Å². The predicted octanol–water partition coefficient (Wildman–Crippen LogP) is 2.41. The minimum Gasteiger partial charge on any atom is -0.352 e. The van der Waals surface area contributed by atoms with Crippen LogP contribution in [0.1, 0.15) is 38.2 Å². The maximum atomic E-state index is 13.4. The molecule has 0 spiro atoms. The van der Waals surface area contributed by atoms with E-state index in [1.807, 2.05) is 13.0 Å². The second-order valence-electron chi connectivity index (χ2n) is 5.51. The van der Waals surface area contributed by atoms with Gasteiger partial charge in [0.15, 0.2) is 0 Å². The van der Waals surface area contributed by atoms with Crippen LogP contribution in [0.15, 0.2) is 24.3 Å². The maximum absolute atomic E-state index is 13.4. The molecule has 1 aromatic rings. The zero-order valence-corrected chi connectivity index (χ0v) is 12.0. The summed E-state index contributed by atoms with van der Waals surface area (Å²) >= 11 is 0. The molecule has 1 atom stereocenters. The Morgan fingerprint density at radius 2 is 2.05 bits per heavy atom. The molecule has 3 nitrogen and oxygen atoms in total. The average Bonchev–Trinajstić information content (AvgIpc) is 2.93. The number of nitrogens with one attached hydrogen (secondary N) is 2. The van der Waals surface area contributed by atoms with Crippen molar-refractivity contribution >= 4 is 5.91 Å². The van der Waals surface area contributed by atoms with E-state index in [-0.39, 0.29) is 17.8 Å². The van der Waals surface area contributed by atoms with Gasteiger partial charge in [-0.2, -0.15) is 0 Å². The van der Waals surface area contributed by atoms with Crippen molar-refractivity contribution in [1.29, 1.82) is 0 Å². The van der Waals surface area contributed by atoms with E-state index < -0.39 is 0 Å². The van der Waals surface area contributed by atoms with Gasteiger partial charge in [0.05, 0.1) is 6.04 Å². The summed E-state index contributed by atoms with van der Waals surface area (Å²) in [5, 5.41) is 6.22. The van der Waals surface area contributed by atoms with Crippen molar-refractivity contribution in [3.63, 3.8) is 0 Å². The van der Waals surface area contributed by atoms with Crippen LogP contribution in [-0.2, 0) is 11.2 Å². The van der Waals surface area contributed by atoms with E-state index in [9.17, 15) is 9.18 Å². The van der Waals surface area contributed by atoms with Gasteiger partial charge in [-0.05, 0) is 37.8 Å². The number of carbonyl (C=O) groups excluding carboxylic acids is 1. The molecule has 0 radical (unpaired) electrons. The number of halogens is 1. The fourth-order valence-corrected chi connectivity index (χ4v) is 2.61. The molecule has 1 unspecified atom stereocenters. The first-order valence-electron chi connectivity index (χ1n) is 7.44. The first-order valence-corrected chi connectivity index (χ1v) is 7.44. The summed E-state index contributed by atoms with van der Waals surface area (Å²) in [6.45, 7) is 2.45. The van der Waals surface area contributed by atoms with Crippen molar-refractivity contribution in [2.75, 3.05) is 6.54 Å². The molecule has 1 aliphatic rings. The highest BCUT2D eigenvalue weighted by molar-refractivity contribution is 5.81. The summed E-state index contributed by atoms with van der Waals surface area (Å²) in [6, 6.07) is 6.87. The van der Waals surface area contributed by atoms with Gasteiger partial charge in [-0.3, -0.25) is 4.79 Å². The van der Waals surface area contributed by atoms with Crippen molar-refractivity contribution in [3.05, 3.63) is 35.6 Å². The van der Waals surface area contributed by atoms with Gasteiger partial charge in [-0.1, -0.05) is 31.0 Å². The molecule has 1 aliphatic carbocycles. The third-order valence-electron chi connectivity index (χ3n) is 3.90. The highest BCUT2D eigenvalue weighted by Crippen LogP contribution is 2.17. The maximum Gasteiger partial charge on any atom is 0.237 e. The third-order valence-corrected chi connectivity index (χ3v) is 3.90. The first-order chi connectivity index (χ1) is 9.66. The van der Waals surface area contributed by atoms with Gasteiger partial charge in [-0.25, -0.2) is 4.39 Å². The standard InChI is InChI=1S/C16H23FN2O/c1-12(16(20)19-14-7-3-4-8-14)18-11-10-13-6-2-5-9-15(13)17/h2,5-6,9,12,14,18H,3-4,7-8,10-11H2,1H3,(H,19,20). The molecule has 2 N–H and O–H groups in total. The zero-order chi connectivity index (χ0) is 14.4. The van der Waals surface area contributed by atoms with Crippen molar-refractivity contribution in [2.45, 2.75) is 51.1 Å². The van der Waals surface area contributed by atoms with E-state index in [2.05, 4.69) is 10.6 Å².